The van der Waals surface area contributed by atoms with Gasteiger partial charge in [0.25, 0.3) is 0 Å². The fourth-order valence-corrected chi connectivity index (χ4v) is 2.60. The van der Waals surface area contributed by atoms with E-state index in [0.29, 0.717) is 13.2 Å². The van der Waals surface area contributed by atoms with Gasteiger partial charge in [-0.05, 0) is 46.2 Å². The highest BCUT2D eigenvalue weighted by molar-refractivity contribution is 5.56. The topological polar surface area (TPSA) is 24.5 Å². The molecule has 0 radical (unpaired) electrons. The molecule has 1 heterocycles. The lowest BCUT2D eigenvalue weighted by molar-refractivity contribution is 0.0340. The molecule has 0 spiro atoms. The third-order valence-corrected chi connectivity index (χ3v) is 3.77. The maximum absolute atomic E-state index is 14.4. The van der Waals surface area contributed by atoms with Crippen molar-refractivity contribution in [1.82, 2.24) is 5.32 Å². The first-order chi connectivity index (χ1) is 9.78. The lowest BCUT2D eigenvalue weighted by Crippen LogP contribution is -2.48. The Morgan fingerprint density at radius 1 is 1.33 bits per heavy atom. The van der Waals surface area contributed by atoms with Crippen LogP contribution in [0.5, 0.6) is 0 Å². The Balaban J connectivity index is 2.28. The number of halogens is 1. The number of hydrogen-bond acceptors (Lipinski definition) is 3. The molecule has 0 amide bonds. The van der Waals surface area contributed by atoms with Crippen LogP contribution >= 0.6 is 0 Å². The minimum Gasteiger partial charge on any atom is -0.375 e. The summed E-state index contributed by atoms with van der Waals surface area (Å²) in [7, 11) is 0. The molecular formula is C17H27FN2O. The van der Waals surface area contributed by atoms with Gasteiger partial charge in [0.05, 0.1) is 18.4 Å². The number of ether oxygens (including phenoxy) is 1. The van der Waals surface area contributed by atoms with Crippen LogP contribution in [0.1, 0.15) is 40.2 Å². The van der Waals surface area contributed by atoms with Gasteiger partial charge in [-0.2, -0.15) is 0 Å². The molecule has 3 nitrogen and oxygen atoms in total. The Kier molecular flexibility index (Phi) is 4.89. The van der Waals surface area contributed by atoms with Crippen molar-refractivity contribution in [2.24, 2.45) is 0 Å². The zero-order valence-electron chi connectivity index (χ0n) is 13.7. The minimum atomic E-state index is -0.149. The third kappa shape index (κ3) is 4.17. The van der Waals surface area contributed by atoms with Crippen molar-refractivity contribution in [2.45, 2.75) is 58.8 Å². The zero-order valence-corrected chi connectivity index (χ0v) is 13.7. The van der Waals surface area contributed by atoms with Gasteiger partial charge in [-0.15, -0.1) is 0 Å². The summed E-state index contributed by atoms with van der Waals surface area (Å²) in [4.78, 5) is 2.14. The summed E-state index contributed by atoms with van der Waals surface area (Å²) < 4.78 is 20.1. The molecule has 1 aliphatic rings. The summed E-state index contributed by atoms with van der Waals surface area (Å²) >= 11 is 0. The molecule has 1 saturated heterocycles. The number of anilines is 1. The van der Waals surface area contributed by atoms with Crippen LogP contribution in [-0.2, 0) is 11.3 Å². The van der Waals surface area contributed by atoms with Gasteiger partial charge in [0.15, 0.2) is 0 Å². The second-order valence-electron chi connectivity index (χ2n) is 7.00. The van der Waals surface area contributed by atoms with Crippen LogP contribution in [0.15, 0.2) is 18.2 Å². The SMILES string of the molecule is CC1CN(c2c(F)cccc2CNC(C)(C)C)C(C)CO1. The van der Waals surface area contributed by atoms with Crippen LogP contribution < -0.4 is 10.2 Å². The van der Waals surface area contributed by atoms with Crippen LogP contribution in [0.25, 0.3) is 0 Å². The molecule has 1 aromatic rings. The lowest BCUT2D eigenvalue weighted by atomic mass is 10.0. The number of nitrogens with zero attached hydrogens (tertiary/aromatic N) is 1. The predicted octanol–water partition coefficient (Wildman–Crippen LogP) is 3.33. The molecule has 1 fully saturated rings. The van der Waals surface area contributed by atoms with Crippen molar-refractivity contribution in [3.63, 3.8) is 0 Å². The highest BCUT2D eigenvalue weighted by Gasteiger charge is 2.27. The Bertz CT molecular complexity index is 484. The van der Waals surface area contributed by atoms with E-state index >= 15 is 0 Å². The van der Waals surface area contributed by atoms with Crippen molar-refractivity contribution in [3.05, 3.63) is 29.6 Å². The van der Waals surface area contributed by atoms with Gasteiger partial charge < -0.3 is 15.0 Å². The third-order valence-electron chi connectivity index (χ3n) is 3.77. The van der Waals surface area contributed by atoms with E-state index in [0.717, 1.165) is 17.8 Å². The number of rotatable bonds is 3. The number of morpholine rings is 1. The summed E-state index contributed by atoms with van der Waals surface area (Å²) in [6.45, 7) is 12.5. The van der Waals surface area contributed by atoms with Gasteiger partial charge in [0.1, 0.15) is 5.82 Å². The van der Waals surface area contributed by atoms with E-state index in [1.54, 1.807) is 12.1 Å². The Labute approximate surface area is 127 Å². The fraction of sp³-hybridized carbons (Fsp3) is 0.647. The molecule has 2 rings (SSSR count). The van der Waals surface area contributed by atoms with Crippen molar-refractivity contribution in [3.8, 4) is 0 Å². The van der Waals surface area contributed by atoms with E-state index in [1.807, 2.05) is 13.0 Å². The van der Waals surface area contributed by atoms with Gasteiger partial charge in [0.2, 0.25) is 0 Å². The van der Waals surface area contributed by atoms with E-state index in [2.05, 4.69) is 37.9 Å². The summed E-state index contributed by atoms with van der Waals surface area (Å²) in [5.74, 6) is -0.149. The van der Waals surface area contributed by atoms with Crippen molar-refractivity contribution in [2.75, 3.05) is 18.1 Å². The molecule has 2 unspecified atom stereocenters. The number of benzene rings is 1. The molecule has 0 aromatic heterocycles. The van der Waals surface area contributed by atoms with Gasteiger partial charge in [-0.3, -0.25) is 0 Å². The van der Waals surface area contributed by atoms with Gasteiger partial charge >= 0.3 is 0 Å². The van der Waals surface area contributed by atoms with Gasteiger partial charge in [-0.25, -0.2) is 4.39 Å². The van der Waals surface area contributed by atoms with E-state index in [4.69, 9.17) is 4.74 Å². The van der Waals surface area contributed by atoms with Crippen LogP contribution in [0.3, 0.4) is 0 Å². The molecule has 0 bridgehead atoms. The van der Waals surface area contributed by atoms with Gasteiger partial charge in [0, 0.05) is 24.7 Å². The Morgan fingerprint density at radius 2 is 2.05 bits per heavy atom. The maximum Gasteiger partial charge on any atom is 0.146 e. The average molecular weight is 294 g/mol. The minimum absolute atomic E-state index is 0.00745. The Morgan fingerprint density at radius 3 is 2.71 bits per heavy atom. The van der Waals surface area contributed by atoms with E-state index in [1.165, 1.54) is 0 Å². The molecule has 21 heavy (non-hydrogen) atoms. The molecule has 2 atom stereocenters. The standard InChI is InChI=1S/C17H27FN2O/c1-12-11-21-13(2)10-20(12)16-14(7-6-8-15(16)18)9-19-17(3,4)5/h6-8,12-13,19H,9-11H2,1-5H3. The average Bonchev–Trinajstić information content (AvgIpc) is 2.39. The van der Waals surface area contributed by atoms with Crippen molar-refractivity contribution in [1.29, 1.82) is 0 Å². The van der Waals surface area contributed by atoms with Crippen LogP contribution in [0.2, 0.25) is 0 Å². The second-order valence-corrected chi connectivity index (χ2v) is 7.00. The highest BCUT2D eigenvalue weighted by atomic mass is 19.1. The zero-order chi connectivity index (χ0) is 15.6. The quantitative estimate of drug-likeness (QED) is 0.925. The largest absolute Gasteiger partial charge is 0.375 e. The van der Waals surface area contributed by atoms with Crippen LogP contribution in [0.4, 0.5) is 10.1 Å². The summed E-state index contributed by atoms with van der Waals surface area (Å²) in [5.41, 5.74) is 1.73. The second kappa shape index (κ2) is 6.32. The van der Waals surface area contributed by atoms with Crippen molar-refractivity contribution < 1.29 is 9.13 Å². The summed E-state index contributed by atoms with van der Waals surface area (Å²) in [5, 5.41) is 3.45. The molecular weight excluding hydrogens is 267 g/mol. The van der Waals surface area contributed by atoms with Crippen LogP contribution in [0, 0.1) is 5.82 Å². The molecule has 1 aromatic carbocycles. The maximum atomic E-state index is 14.4. The van der Waals surface area contributed by atoms with E-state index in [9.17, 15) is 4.39 Å². The van der Waals surface area contributed by atoms with Crippen molar-refractivity contribution >= 4 is 5.69 Å². The summed E-state index contributed by atoms with van der Waals surface area (Å²) in [6.07, 6.45) is 0.129. The molecule has 118 valence electrons. The Hall–Kier alpha value is -1.13. The smallest absolute Gasteiger partial charge is 0.146 e. The molecule has 4 heteroatoms. The monoisotopic (exact) mass is 294 g/mol. The number of hydrogen-bond donors (Lipinski definition) is 1. The first kappa shape index (κ1) is 16.2. The predicted molar refractivity (Wildman–Crippen MR) is 85.2 cm³/mol. The molecule has 0 aliphatic carbocycles. The lowest BCUT2D eigenvalue weighted by Gasteiger charge is -2.39. The fourth-order valence-electron chi connectivity index (χ4n) is 2.60. The normalized spacial score (nSPS) is 23.4. The van der Waals surface area contributed by atoms with Gasteiger partial charge in [-0.1, -0.05) is 12.1 Å². The number of nitrogens with one attached hydrogen (secondary N) is 1. The molecule has 1 aliphatic heterocycles. The first-order valence-electron chi connectivity index (χ1n) is 7.68. The van der Waals surface area contributed by atoms with Crippen LogP contribution in [-0.4, -0.2) is 30.8 Å². The number of para-hydroxylation sites is 1. The molecule has 1 N–H and O–H groups in total. The highest BCUT2D eigenvalue weighted by Crippen LogP contribution is 2.29. The molecule has 0 saturated carbocycles. The summed E-state index contributed by atoms with van der Waals surface area (Å²) in [6, 6.07) is 5.52. The van der Waals surface area contributed by atoms with E-state index < -0.39 is 0 Å². The first-order valence-corrected chi connectivity index (χ1v) is 7.68. The van der Waals surface area contributed by atoms with E-state index in [-0.39, 0.29) is 23.5 Å².